The molecule has 1 aliphatic rings. The number of carbonyl (C=O) groups is 1. The van der Waals surface area contributed by atoms with Crippen LogP contribution in [0.2, 0.25) is 0 Å². The molecule has 0 aliphatic carbocycles. The third-order valence-electron chi connectivity index (χ3n) is 7.77. The molecule has 0 spiro atoms. The summed E-state index contributed by atoms with van der Waals surface area (Å²) >= 11 is 0. The average molecular weight is 620 g/mol. The second-order valence-corrected chi connectivity index (χ2v) is 11.1. The van der Waals surface area contributed by atoms with Crippen molar-refractivity contribution in [1.29, 1.82) is 0 Å². The van der Waals surface area contributed by atoms with Gasteiger partial charge in [0.1, 0.15) is 24.3 Å². The van der Waals surface area contributed by atoms with Gasteiger partial charge in [0.15, 0.2) is 5.82 Å². The summed E-state index contributed by atoms with van der Waals surface area (Å²) < 4.78 is 30.4. The number of halogens is 2. The minimum atomic E-state index is -2.53. The molecule has 0 unspecified atom stereocenters. The molecule has 3 N–H and O–H groups in total. The molecule has 4 aromatic rings. The van der Waals surface area contributed by atoms with Crippen LogP contribution in [0.4, 0.5) is 20.4 Å². The van der Waals surface area contributed by atoms with E-state index in [1.165, 1.54) is 5.56 Å². The number of pyridine rings is 2. The molecule has 238 valence electrons. The lowest BCUT2D eigenvalue weighted by Gasteiger charge is -2.25. The number of ether oxygens (including phenoxy) is 1. The van der Waals surface area contributed by atoms with Gasteiger partial charge in [-0.25, -0.2) is 28.5 Å². The molecule has 0 fully saturated rings. The Balaban J connectivity index is 1.22. The maximum absolute atomic E-state index is 12.6. The number of para-hydroxylation sites is 1. The quantitative estimate of drug-likeness (QED) is 0.134. The van der Waals surface area contributed by atoms with E-state index < -0.39 is 25.0 Å². The molecule has 0 saturated heterocycles. The number of nitrogens with zero attached hydrogens (tertiary/aromatic N) is 5. The Morgan fingerprint density at radius 1 is 1.04 bits per heavy atom. The standard InChI is InChI=1S/C33H39F2N7O3/c34-29(35)22-45-20-19-42(17-4-3-9-25-13-12-23-7-6-16-37-30(23)38-25)18-14-28(33(43)44)40-32-26-10-1-2-11-27(26)39-31(41-32)24-8-5-15-36-21-24/h1-2,5,8,10-13,15,21,28-29H,3-4,6-7,9,14,16-20,22H2,(H,37,38)(H,43,44)(H,39,40,41)/t28-/m0/s1. The molecule has 4 heterocycles. The molecule has 0 amide bonds. The predicted molar refractivity (Wildman–Crippen MR) is 170 cm³/mol. The summed E-state index contributed by atoms with van der Waals surface area (Å²) in [5.74, 6) is 0.829. The molecule has 45 heavy (non-hydrogen) atoms. The number of carboxylic acid groups (broad SMARTS) is 1. The van der Waals surface area contributed by atoms with Crippen LogP contribution >= 0.6 is 0 Å². The summed E-state index contributed by atoms with van der Waals surface area (Å²) in [6.07, 6.45) is 5.78. The zero-order chi connectivity index (χ0) is 31.4. The van der Waals surface area contributed by atoms with Crippen LogP contribution in [0.3, 0.4) is 0 Å². The molecule has 12 heteroatoms. The van der Waals surface area contributed by atoms with Gasteiger partial charge in [-0.2, -0.15) is 0 Å². The Hall–Kier alpha value is -4.29. The molecule has 1 aromatic carbocycles. The second kappa shape index (κ2) is 16.1. The first-order chi connectivity index (χ1) is 22.0. The van der Waals surface area contributed by atoms with Crippen molar-refractivity contribution >= 4 is 28.5 Å². The number of aromatic nitrogens is 4. The third kappa shape index (κ3) is 9.35. The van der Waals surface area contributed by atoms with Crippen molar-refractivity contribution in [3.63, 3.8) is 0 Å². The monoisotopic (exact) mass is 619 g/mol. The number of rotatable bonds is 17. The highest BCUT2D eigenvalue weighted by Crippen LogP contribution is 2.26. The summed E-state index contributed by atoms with van der Waals surface area (Å²) in [6.45, 7) is 1.99. The minimum absolute atomic E-state index is 0.137. The summed E-state index contributed by atoms with van der Waals surface area (Å²) in [4.78, 5) is 32.7. The highest BCUT2D eigenvalue weighted by molar-refractivity contribution is 5.92. The molecule has 1 aliphatic heterocycles. The third-order valence-corrected chi connectivity index (χ3v) is 7.77. The zero-order valence-corrected chi connectivity index (χ0v) is 25.2. The van der Waals surface area contributed by atoms with Crippen LogP contribution in [0.25, 0.3) is 22.3 Å². The molecule has 10 nitrogen and oxygen atoms in total. The molecule has 0 saturated carbocycles. The van der Waals surface area contributed by atoms with Crippen LogP contribution in [-0.2, 0) is 22.4 Å². The van der Waals surface area contributed by atoms with E-state index >= 15 is 0 Å². The Labute approximate surface area is 261 Å². The number of carboxylic acids is 1. The maximum Gasteiger partial charge on any atom is 0.326 e. The Bertz CT molecular complexity index is 1540. The van der Waals surface area contributed by atoms with Crippen LogP contribution in [-0.4, -0.2) is 87.8 Å². The fourth-order valence-electron chi connectivity index (χ4n) is 5.40. The molecule has 1 atom stereocenters. The van der Waals surface area contributed by atoms with E-state index in [-0.39, 0.29) is 13.0 Å². The molecular formula is C33H39F2N7O3. The Morgan fingerprint density at radius 2 is 1.93 bits per heavy atom. The number of fused-ring (bicyclic) bond motifs is 2. The highest BCUT2D eigenvalue weighted by atomic mass is 19.3. The van der Waals surface area contributed by atoms with E-state index in [2.05, 4.69) is 42.6 Å². The number of aryl methyl sites for hydroxylation is 2. The lowest BCUT2D eigenvalue weighted by Crippen LogP contribution is -2.37. The minimum Gasteiger partial charge on any atom is -0.480 e. The maximum atomic E-state index is 12.6. The first kappa shape index (κ1) is 32.1. The molecule has 5 rings (SSSR count). The first-order valence-corrected chi connectivity index (χ1v) is 15.4. The van der Waals surface area contributed by atoms with Crippen LogP contribution in [0, 0.1) is 0 Å². The van der Waals surface area contributed by atoms with Crippen molar-refractivity contribution in [3.8, 4) is 11.4 Å². The predicted octanol–water partition coefficient (Wildman–Crippen LogP) is 5.31. The van der Waals surface area contributed by atoms with Gasteiger partial charge >= 0.3 is 5.97 Å². The fourth-order valence-corrected chi connectivity index (χ4v) is 5.40. The van der Waals surface area contributed by atoms with Crippen LogP contribution < -0.4 is 10.6 Å². The number of hydrogen-bond acceptors (Lipinski definition) is 9. The van der Waals surface area contributed by atoms with Crippen molar-refractivity contribution in [2.24, 2.45) is 0 Å². The second-order valence-electron chi connectivity index (χ2n) is 11.1. The number of alkyl halides is 2. The molecule has 0 radical (unpaired) electrons. The van der Waals surface area contributed by atoms with E-state index in [9.17, 15) is 18.7 Å². The van der Waals surface area contributed by atoms with Crippen molar-refractivity contribution in [2.45, 2.75) is 51.0 Å². The zero-order valence-electron chi connectivity index (χ0n) is 25.2. The number of benzene rings is 1. The largest absolute Gasteiger partial charge is 0.480 e. The summed E-state index contributed by atoms with van der Waals surface area (Å²) in [6, 6.07) is 14.4. The van der Waals surface area contributed by atoms with Gasteiger partial charge in [0, 0.05) is 48.7 Å². The van der Waals surface area contributed by atoms with Gasteiger partial charge in [-0.3, -0.25) is 4.98 Å². The molecule has 3 aromatic heterocycles. The molecule has 0 bridgehead atoms. The summed E-state index contributed by atoms with van der Waals surface area (Å²) in [7, 11) is 0. The summed E-state index contributed by atoms with van der Waals surface area (Å²) in [5.41, 5.74) is 3.69. The van der Waals surface area contributed by atoms with Gasteiger partial charge in [-0.15, -0.1) is 0 Å². The van der Waals surface area contributed by atoms with Crippen molar-refractivity contribution in [2.75, 3.05) is 50.0 Å². The molecular weight excluding hydrogens is 580 g/mol. The Kier molecular flexibility index (Phi) is 11.5. The van der Waals surface area contributed by atoms with Gasteiger partial charge in [0.2, 0.25) is 0 Å². The summed E-state index contributed by atoms with van der Waals surface area (Å²) in [5, 5.41) is 17.4. The SMILES string of the molecule is O=C(O)[C@H](CCN(CCCCc1ccc2c(n1)NCCC2)CCOCC(F)F)Nc1nc(-c2cccnc2)nc2ccccc12. The van der Waals surface area contributed by atoms with Gasteiger partial charge in [-0.1, -0.05) is 18.2 Å². The van der Waals surface area contributed by atoms with Crippen molar-refractivity contribution in [3.05, 3.63) is 72.2 Å². The van der Waals surface area contributed by atoms with Gasteiger partial charge in [-0.05, 0) is 81.0 Å². The van der Waals surface area contributed by atoms with E-state index in [1.807, 2.05) is 30.3 Å². The lowest BCUT2D eigenvalue weighted by molar-refractivity contribution is -0.138. The number of anilines is 2. The Morgan fingerprint density at radius 3 is 2.76 bits per heavy atom. The van der Waals surface area contributed by atoms with E-state index in [0.29, 0.717) is 42.2 Å². The highest BCUT2D eigenvalue weighted by Gasteiger charge is 2.21. The lowest BCUT2D eigenvalue weighted by atomic mass is 10.1. The average Bonchev–Trinajstić information content (AvgIpc) is 3.06. The van der Waals surface area contributed by atoms with Gasteiger partial charge < -0.3 is 25.4 Å². The van der Waals surface area contributed by atoms with E-state index in [1.54, 1.807) is 18.5 Å². The van der Waals surface area contributed by atoms with Crippen LogP contribution in [0.1, 0.15) is 36.9 Å². The smallest absolute Gasteiger partial charge is 0.326 e. The van der Waals surface area contributed by atoms with E-state index in [0.717, 1.165) is 55.7 Å². The topological polar surface area (TPSA) is 125 Å². The number of aliphatic carboxylic acids is 1. The van der Waals surface area contributed by atoms with Crippen molar-refractivity contribution in [1.82, 2.24) is 24.8 Å². The van der Waals surface area contributed by atoms with Gasteiger partial charge in [0.25, 0.3) is 6.43 Å². The normalized spacial score (nSPS) is 13.5. The first-order valence-electron chi connectivity index (χ1n) is 15.4. The number of hydrogen-bond donors (Lipinski definition) is 3. The fraction of sp³-hybridized carbons (Fsp3) is 0.424. The number of unbranched alkanes of at least 4 members (excludes halogenated alkanes) is 1. The van der Waals surface area contributed by atoms with Crippen molar-refractivity contribution < 1.29 is 23.4 Å². The number of nitrogens with one attached hydrogen (secondary N) is 2. The van der Waals surface area contributed by atoms with E-state index in [4.69, 9.17) is 9.72 Å². The van der Waals surface area contributed by atoms with Crippen LogP contribution in [0.5, 0.6) is 0 Å². The van der Waals surface area contributed by atoms with Crippen LogP contribution in [0.15, 0.2) is 60.9 Å². The van der Waals surface area contributed by atoms with Gasteiger partial charge in [0.05, 0.1) is 12.1 Å².